The highest BCUT2D eigenvalue weighted by atomic mass is 79.9. The molecular formula is C11H11BrF2O2. The minimum absolute atomic E-state index is 0.0547. The fraction of sp³-hybridized carbons (Fsp3) is 0.364. The van der Waals surface area contributed by atoms with E-state index in [1.165, 1.54) is 6.07 Å². The second-order valence-electron chi connectivity index (χ2n) is 3.19. The minimum atomic E-state index is -2.92. The van der Waals surface area contributed by atoms with Crippen LogP contribution in [0.15, 0.2) is 18.2 Å². The van der Waals surface area contributed by atoms with Gasteiger partial charge in [-0.05, 0) is 18.6 Å². The number of ether oxygens (including phenoxy) is 1. The Morgan fingerprint density at radius 1 is 1.50 bits per heavy atom. The van der Waals surface area contributed by atoms with Gasteiger partial charge in [0.05, 0.1) is 5.56 Å². The van der Waals surface area contributed by atoms with Crippen molar-refractivity contribution in [2.75, 3.05) is 5.33 Å². The second kappa shape index (κ2) is 5.94. The lowest BCUT2D eigenvalue weighted by molar-refractivity contribution is -0.0501. The van der Waals surface area contributed by atoms with Gasteiger partial charge in [-0.15, -0.1) is 0 Å². The van der Waals surface area contributed by atoms with E-state index in [1.807, 2.05) is 0 Å². The number of carbonyl (C=O) groups is 1. The summed E-state index contributed by atoms with van der Waals surface area (Å²) in [7, 11) is 0. The first-order chi connectivity index (χ1) is 7.56. The monoisotopic (exact) mass is 292 g/mol. The van der Waals surface area contributed by atoms with E-state index in [9.17, 15) is 13.6 Å². The van der Waals surface area contributed by atoms with Crippen molar-refractivity contribution >= 4 is 21.7 Å². The fourth-order valence-electron chi connectivity index (χ4n) is 1.40. The largest absolute Gasteiger partial charge is 0.434 e. The highest BCUT2D eigenvalue weighted by Crippen LogP contribution is 2.25. The topological polar surface area (TPSA) is 26.3 Å². The number of alkyl halides is 3. The maximum absolute atomic E-state index is 12.1. The molecule has 0 aliphatic carbocycles. The molecule has 0 heterocycles. The normalized spacial score (nSPS) is 10.6. The van der Waals surface area contributed by atoms with Crippen molar-refractivity contribution in [2.45, 2.75) is 20.0 Å². The van der Waals surface area contributed by atoms with Crippen LogP contribution in [0, 0.1) is 6.92 Å². The van der Waals surface area contributed by atoms with Gasteiger partial charge in [0.2, 0.25) is 0 Å². The Labute approximate surface area is 101 Å². The van der Waals surface area contributed by atoms with Crippen LogP contribution in [0.3, 0.4) is 0 Å². The maximum Gasteiger partial charge on any atom is 0.387 e. The maximum atomic E-state index is 12.1. The lowest BCUT2D eigenvalue weighted by Crippen LogP contribution is -2.10. The number of aryl methyl sites for hydroxylation is 1. The predicted molar refractivity (Wildman–Crippen MR) is 60.6 cm³/mol. The molecule has 0 saturated heterocycles. The first kappa shape index (κ1) is 13.1. The third kappa shape index (κ3) is 3.27. The molecule has 1 aromatic rings. The second-order valence-corrected chi connectivity index (χ2v) is 3.98. The molecule has 1 aromatic carbocycles. The molecule has 0 fully saturated rings. The molecule has 0 saturated carbocycles. The highest BCUT2D eigenvalue weighted by Gasteiger charge is 2.17. The molecule has 5 heteroatoms. The molecular weight excluding hydrogens is 282 g/mol. The third-order valence-electron chi connectivity index (χ3n) is 2.05. The first-order valence-electron chi connectivity index (χ1n) is 4.70. The van der Waals surface area contributed by atoms with Crippen LogP contribution in [-0.2, 0) is 0 Å². The van der Waals surface area contributed by atoms with Crippen LogP contribution in [0.1, 0.15) is 22.3 Å². The van der Waals surface area contributed by atoms with Gasteiger partial charge >= 0.3 is 6.61 Å². The van der Waals surface area contributed by atoms with Gasteiger partial charge in [-0.2, -0.15) is 8.78 Å². The van der Waals surface area contributed by atoms with Gasteiger partial charge in [0.15, 0.2) is 5.78 Å². The predicted octanol–water partition coefficient (Wildman–Crippen LogP) is 3.56. The summed E-state index contributed by atoms with van der Waals surface area (Å²) in [4.78, 5) is 11.7. The van der Waals surface area contributed by atoms with E-state index >= 15 is 0 Å². The van der Waals surface area contributed by atoms with Crippen molar-refractivity contribution in [3.8, 4) is 5.75 Å². The Kier molecular flexibility index (Phi) is 4.86. The molecule has 2 nitrogen and oxygen atoms in total. The fourth-order valence-corrected chi connectivity index (χ4v) is 1.76. The van der Waals surface area contributed by atoms with E-state index < -0.39 is 6.61 Å². The van der Waals surface area contributed by atoms with E-state index in [1.54, 1.807) is 19.1 Å². The number of hydrogen-bond acceptors (Lipinski definition) is 2. The minimum Gasteiger partial charge on any atom is -0.434 e. The van der Waals surface area contributed by atoms with Crippen molar-refractivity contribution in [1.82, 2.24) is 0 Å². The molecule has 0 unspecified atom stereocenters. The molecule has 88 valence electrons. The Morgan fingerprint density at radius 3 is 2.75 bits per heavy atom. The molecule has 0 aliphatic heterocycles. The molecule has 0 N–H and O–H groups in total. The number of halogens is 3. The number of Topliss-reactive ketones (excluding diaryl/α,β-unsaturated/α-hetero) is 1. The van der Waals surface area contributed by atoms with Gasteiger partial charge in [-0.3, -0.25) is 4.79 Å². The van der Waals surface area contributed by atoms with Crippen molar-refractivity contribution in [1.29, 1.82) is 0 Å². The van der Waals surface area contributed by atoms with Crippen LogP contribution >= 0.6 is 15.9 Å². The summed E-state index contributed by atoms with van der Waals surface area (Å²) in [5.74, 6) is -0.258. The molecule has 0 atom stereocenters. The zero-order valence-corrected chi connectivity index (χ0v) is 10.3. The quantitative estimate of drug-likeness (QED) is 0.613. The van der Waals surface area contributed by atoms with Crippen LogP contribution in [0.5, 0.6) is 5.75 Å². The van der Waals surface area contributed by atoms with Crippen LogP contribution < -0.4 is 4.74 Å². The molecule has 0 amide bonds. The van der Waals surface area contributed by atoms with Crippen molar-refractivity contribution in [3.05, 3.63) is 29.3 Å². The summed E-state index contributed by atoms with van der Waals surface area (Å²) in [5.41, 5.74) is 0.881. The SMILES string of the molecule is Cc1cccc(OC(F)F)c1C(=O)CCBr. The Balaban J connectivity index is 3.07. The lowest BCUT2D eigenvalue weighted by Gasteiger charge is -2.11. The number of hydrogen-bond donors (Lipinski definition) is 0. The number of carbonyl (C=O) groups excluding carboxylic acids is 1. The van der Waals surface area contributed by atoms with E-state index in [0.29, 0.717) is 10.9 Å². The van der Waals surface area contributed by atoms with Gasteiger partial charge in [0.25, 0.3) is 0 Å². The third-order valence-corrected chi connectivity index (χ3v) is 2.45. The first-order valence-corrected chi connectivity index (χ1v) is 5.82. The van der Waals surface area contributed by atoms with Crippen molar-refractivity contribution in [2.24, 2.45) is 0 Å². The van der Waals surface area contributed by atoms with Gasteiger partial charge in [0, 0.05) is 11.8 Å². The molecule has 0 aromatic heterocycles. The number of rotatable bonds is 5. The standard InChI is InChI=1S/C11H11BrF2O2/c1-7-3-2-4-9(16-11(13)14)10(7)8(15)5-6-12/h2-4,11H,5-6H2,1H3. The zero-order chi connectivity index (χ0) is 12.1. The highest BCUT2D eigenvalue weighted by molar-refractivity contribution is 9.09. The van der Waals surface area contributed by atoms with Crippen LogP contribution in [-0.4, -0.2) is 17.7 Å². The summed E-state index contributed by atoms with van der Waals surface area (Å²) >= 11 is 3.14. The van der Waals surface area contributed by atoms with E-state index in [2.05, 4.69) is 20.7 Å². The zero-order valence-electron chi connectivity index (χ0n) is 8.67. The summed E-state index contributed by atoms with van der Waals surface area (Å²) < 4.78 is 28.6. The molecule has 0 radical (unpaired) electrons. The molecule has 0 bridgehead atoms. The summed E-state index contributed by atoms with van der Waals surface area (Å²) in [5, 5.41) is 0.494. The van der Waals surface area contributed by atoms with Crippen LogP contribution in [0.2, 0.25) is 0 Å². The molecule has 0 spiro atoms. The average Bonchev–Trinajstić information content (AvgIpc) is 2.16. The molecule has 0 aliphatic rings. The average molecular weight is 293 g/mol. The number of ketones is 1. The molecule has 1 rings (SSSR count). The van der Waals surface area contributed by atoms with E-state index in [0.717, 1.165) is 0 Å². The van der Waals surface area contributed by atoms with Gasteiger partial charge in [-0.1, -0.05) is 28.1 Å². The Morgan fingerprint density at radius 2 is 2.19 bits per heavy atom. The Hall–Kier alpha value is -0.970. The van der Waals surface area contributed by atoms with E-state index in [4.69, 9.17) is 0 Å². The summed E-state index contributed by atoms with van der Waals surface area (Å²) in [6.45, 7) is -1.22. The number of benzene rings is 1. The van der Waals surface area contributed by atoms with Crippen LogP contribution in [0.4, 0.5) is 8.78 Å². The van der Waals surface area contributed by atoms with Gasteiger partial charge < -0.3 is 4.74 Å². The molecule has 16 heavy (non-hydrogen) atoms. The van der Waals surface area contributed by atoms with Gasteiger partial charge in [0.1, 0.15) is 5.75 Å². The van der Waals surface area contributed by atoms with Crippen molar-refractivity contribution < 1.29 is 18.3 Å². The van der Waals surface area contributed by atoms with Gasteiger partial charge in [-0.25, -0.2) is 0 Å². The van der Waals surface area contributed by atoms with Crippen LogP contribution in [0.25, 0.3) is 0 Å². The Bertz CT molecular complexity index is 380. The van der Waals surface area contributed by atoms with Crippen molar-refractivity contribution in [3.63, 3.8) is 0 Å². The smallest absolute Gasteiger partial charge is 0.387 e. The van der Waals surface area contributed by atoms with E-state index in [-0.39, 0.29) is 23.5 Å². The summed E-state index contributed by atoms with van der Waals surface area (Å²) in [6.07, 6.45) is 0.254. The summed E-state index contributed by atoms with van der Waals surface area (Å²) in [6, 6.07) is 4.65. The lowest BCUT2D eigenvalue weighted by atomic mass is 10.0.